The molecule has 1 aromatic carbocycles. The molecule has 0 bridgehead atoms. The molecule has 1 aliphatic rings. The first-order valence-electron chi connectivity index (χ1n) is 6.47. The number of benzene rings is 1. The third-order valence-electron chi connectivity index (χ3n) is 3.33. The molecule has 2 N–H and O–H groups in total. The summed E-state index contributed by atoms with van der Waals surface area (Å²) in [6.45, 7) is 3.68. The molecule has 1 atom stereocenters. The van der Waals surface area contributed by atoms with E-state index in [-0.39, 0.29) is 0 Å². The third kappa shape index (κ3) is 3.53. The van der Waals surface area contributed by atoms with Gasteiger partial charge in [0.15, 0.2) is 0 Å². The second-order valence-electron chi connectivity index (χ2n) is 4.70. The van der Waals surface area contributed by atoms with Crippen LogP contribution in [0.25, 0.3) is 0 Å². The molecule has 0 spiro atoms. The lowest BCUT2D eigenvalue weighted by Crippen LogP contribution is -2.47. The predicted octanol–water partition coefficient (Wildman–Crippen LogP) is 0.864. The van der Waals surface area contributed by atoms with Gasteiger partial charge in [-0.15, -0.1) is 0 Å². The molecular weight excluding hydrogens is 244 g/mol. The summed E-state index contributed by atoms with van der Waals surface area (Å²) >= 11 is 0. The van der Waals surface area contributed by atoms with Crippen LogP contribution in [0.4, 0.5) is 0 Å². The van der Waals surface area contributed by atoms with Crippen LogP contribution < -0.4 is 5.32 Å². The fourth-order valence-corrected chi connectivity index (χ4v) is 2.47. The van der Waals surface area contributed by atoms with E-state index in [2.05, 4.69) is 5.32 Å². The Hall–Kier alpha value is -1.43. The topological polar surface area (TPSA) is 61.8 Å². The number of nitrogens with zero attached hydrogens (tertiary/aromatic N) is 1. The number of aliphatic carboxylic acids is 1. The summed E-state index contributed by atoms with van der Waals surface area (Å²) in [4.78, 5) is 13.6. The Balaban J connectivity index is 2.22. The van der Waals surface area contributed by atoms with Gasteiger partial charge in [0.25, 0.3) is 0 Å². The summed E-state index contributed by atoms with van der Waals surface area (Å²) in [6, 6.07) is 7.06. The zero-order valence-electron chi connectivity index (χ0n) is 11.1. The van der Waals surface area contributed by atoms with Gasteiger partial charge < -0.3 is 15.2 Å². The van der Waals surface area contributed by atoms with Crippen molar-refractivity contribution in [3.63, 3.8) is 0 Å². The Morgan fingerprint density at radius 2 is 2.21 bits per heavy atom. The van der Waals surface area contributed by atoms with E-state index in [1.807, 2.05) is 29.2 Å². The number of methoxy groups -OCH3 is 1. The average Bonchev–Trinajstić information content (AvgIpc) is 2.40. The summed E-state index contributed by atoms with van der Waals surface area (Å²) in [5, 5.41) is 12.7. The summed E-state index contributed by atoms with van der Waals surface area (Å²) in [6.07, 6.45) is 0. The summed E-state index contributed by atoms with van der Waals surface area (Å²) < 4.78 is 5.10. The lowest BCUT2D eigenvalue weighted by atomic mass is 10.0. The molecule has 0 amide bonds. The Labute approximate surface area is 113 Å². The van der Waals surface area contributed by atoms with Gasteiger partial charge in [0, 0.05) is 33.3 Å². The van der Waals surface area contributed by atoms with E-state index >= 15 is 0 Å². The number of hydrogen-bond donors (Lipinski definition) is 2. The van der Waals surface area contributed by atoms with Gasteiger partial charge in [-0.3, -0.25) is 9.69 Å². The molecule has 1 fully saturated rings. The highest BCUT2D eigenvalue weighted by molar-refractivity contribution is 5.75. The normalized spacial score (nSPS) is 18.2. The summed E-state index contributed by atoms with van der Waals surface area (Å²) in [5.41, 5.74) is 1.82. The minimum absolute atomic E-state index is 0.502. The van der Waals surface area contributed by atoms with Crippen LogP contribution in [-0.4, -0.2) is 49.3 Å². The second-order valence-corrected chi connectivity index (χ2v) is 4.70. The number of rotatable bonds is 5. The Bertz CT molecular complexity index is 430. The van der Waals surface area contributed by atoms with Gasteiger partial charge in [-0.1, -0.05) is 24.3 Å². The number of hydrogen-bond acceptors (Lipinski definition) is 4. The molecule has 1 heterocycles. The summed E-state index contributed by atoms with van der Waals surface area (Å²) in [7, 11) is 1.64. The van der Waals surface area contributed by atoms with Crippen LogP contribution in [-0.2, 0) is 16.1 Å². The number of piperazine rings is 1. The van der Waals surface area contributed by atoms with Gasteiger partial charge in [-0.05, 0) is 11.1 Å². The van der Waals surface area contributed by atoms with E-state index in [9.17, 15) is 9.90 Å². The van der Waals surface area contributed by atoms with Crippen LogP contribution in [0.2, 0.25) is 0 Å². The molecule has 104 valence electrons. The smallest absolute Gasteiger partial charge is 0.325 e. The predicted molar refractivity (Wildman–Crippen MR) is 72.0 cm³/mol. The first-order valence-corrected chi connectivity index (χ1v) is 6.47. The van der Waals surface area contributed by atoms with E-state index < -0.39 is 12.0 Å². The van der Waals surface area contributed by atoms with Crippen LogP contribution in [0, 0.1) is 0 Å². The zero-order valence-corrected chi connectivity index (χ0v) is 11.1. The molecule has 0 radical (unpaired) electrons. The van der Waals surface area contributed by atoms with Gasteiger partial charge in [-0.25, -0.2) is 0 Å². The van der Waals surface area contributed by atoms with E-state index in [4.69, 9.17) is 4.74 Å². The van der Waals surface area contributed by atoms with Crippen molar-refractivity contribution in [3.05, 3.63) is 35.4 Å². The molecule has 19 heavy (non-hydrogen) atoms. The van der Waals surface area contributed by atoms with Gasteiger partial charge in [0.2, 0.25) is 0 Å². The first-order chi connectivity index (χ1) is 9.22. The van der Waals surface area contributed by atoms with Crippen molar-refractivity contribution in [3.8, 4) is 0 Å². The zero-order chi connectivity index (χ0) is 13.7. The van der Waals surface area contributed by atoms with Gasteiger partial charge in [0.1, 0.15) is 6.04 Å². The van der Waals surface area contributed by atoms with Crippen LogP contribution >= 0.6 is 0 Å². The molecule has 0 aromatic heterocycles. The Kier molecular flexibility index (Phi) is 4.90. The van der Waals surface area contributed by atoms with Gasteiger partial charge in [0.05, 0.1) is 6.61 Å². The van der Waals surface area contributed by atoms with Crippen LogP contribution in [0.1, 0.15) is 17.2 Å². The monoisotopic (exact) mass is 264 g/mol. The fraction of sp³-hybridized carbons (Fsp3) is 0.500. The highest BCUT2D eigenvalue weighted by Gasteiger charge is 2.28. The standard InChI is InChI=1S/C14H20N2O3/c1-19-10-11-3-2-4-12(9-11)13(14(17)18)16-7-5-15-6-8-16/h2-4,9,13,15H,5-8,10H2,1H3,(H,17,18). The Morgan fingerprint density at radius 3 is 2.84 bits per heavy atom. The van der Waals surface area contributed by atoms with Crippen LogP contribution in [0.5, 0.6) is 0 Å². The summed E-state index contributed by atoms with van der Waals surface area (Å²) in [5.74, 6) is -0.795. The lowest BCUT2D eigenvalue weighted by molar-refractivity contribution is -0.143. The second kappa shape index (κ2) is 6.65. The maximum absolute atomic E-state index is 11.6. The molecular formula is C14H20N2O3. The molecule has 1 unspecified atom stereocenters. The highest BCUT2D eigenvalue weighted by atomic mass is 16.5. The van der Waals surface area contributed by atoms with Crippen molar-refractivity contribution >= 4 is 5.97 Å². The average molecular weight is 264 g/mol. The van der Waals surface area contributed by atoms with E-state index in [0.717, 1.165) is 37.3 Å². The minimum Gasteiger partial charge on any atom is -0.480 e. The largest absolute Gasteiger partial charge is 0.480 e. The Morgan fingerprint density at radius 1 is 1.47 bits per heavy atom. The quantitative estimate of drug-likeness (QED) is 0.826. The van der Waals surface area contributed by atoms with Crippen molar-refractivity contribution in [2.45, 2.75) is 12.6 Å². The van der Waals surface area contributed by atoms with E-state index in [0.29, 0.717) is 6.61 Å². The molecule has 1 aliphatic heterocycles. The molecule has 2 rings (SSSR count). The number of carboxylic acid groups (broad SMARTS) is 1. The molecule has 5 nitrogen and oxygen atoms in total. The minimum atomic E-state index is -0.795. The van der Waals surface area contributed by atoms with E-state index in [1.54, 1.807) is 7.11 Å². The molecule has 1 saturated heterocycles. The van der Waals surface area contributed by atoms with Gasteiger partial charge in [-0.2, -0.15) is 0 Å². The van der Waals surface area contributed by atoms with Crippen molar-refractivity contribution in [1.82, 2.24) is 10.2 Å². The molecule has 5 heteroatoms. The SMILES string of the molecule is COCc1cccc(C(C(=O)O)N2CCNCC2)c1. The fourth-order valence-electron chi connectivity index (χ4n) is 2.47. The maximum atomic E-state index is 11.6. The third-order valence-corrected chi connectivity index (χ3v) is 3.33. The number of carboxylic acids is 1. The van der Waals surface area contributed by atoms with Crippen molar-refractivity contribution in [2.24, 2.45) is 0 Å². The molecule has 0 saturated carbocycles. The molecule has 1 aromatic rings. The van der Waals surface area contributed by atoms with Crippen LogP contribution in [0.3, 0.4) is 0 Å². The highest BCUT2D eigenvalue weighted by Crippen LogP contribution is 2.22. The number of ether oxygens (including phenoxy) is 1. The maximum Gasteiger partial charge on any atom is 0.325 e. The number of carbonyl (C=O) groups is 1. The first kappa shape index (κ1) is 14.0. The van der Waals surface area contributed by atoms with E-state index in [1.165, 1.54) is 0 Å². The van der Waals surface area contributed by atoms with Crippen molar-refractivity contribution in [2.75, 3.05) is 33.3 Å². The van der Waals surface area contributed by atoms with Crippen molar-refractivity contribution in [1.29, 1.82) is 0 Å². The molecule has 0 aliphatic carbocycles. The number of nitrogens with one attached hydrogen (secondary N) is 1. The van der Waals surface area contributed by atoms with Crippen molar-refractivity contribution < 1.29 is 14.6 Å². The lowest BCUT2D eigenvalue weighted by Gasteiger charge is -2.32. The van der Waals surface area contributed by atoms with Crippen LogP contribution in [0.15, 0.2) is 24.3 Å². The van der Waals surface area contributed by atoms with Gasteiger partial charge >= 0.3 is 5.97 Å².